The maximum absolute atomic E-state index is 3.42. The lowest BCUT2D eigenvalue weighted by Gasteiger charge is -1.96. The van der Waals surface area contributed by atoms with Crippen LogP contribution in [0.4, 0.5) is 0 Å². The fourth-order valence-electron chi connectivity index (χ4n) is 1.37. The molecule has 0 saturated carbocycles. The van der Waals surface area contributed by atoms with Crippen LogP contribution in [0, 0.1) is 20.8 Å². The molecular weight excluding hydrogens is 174 g/mol. The summed E-state index contributed by atoms with van der Waals surface area (Å²) in [7, 11) is 0. The predicted molar refractivity (Wildman–Crippen MR) is 57.0 cm³/mol. The van der Waals surface area contributed by atoms with Gasteiger partial charge in [-0.3, -0.25) is 5.10 Å². The van der Waals surface area contributed by atoms with Crippen LogP contribution < -0.4 is 0 Å². The van der Waals surface area contributed by atoms with E-state index in [0.29, 0.717) is 0 Å². The van der Waals surface area contributed by atoms with Crippen LogP contribution in [0.15, 0.2) is 30.6 Å². The summed E-state index contributed by atoms with van der Waals surface area (Å²) in [5.41, 5.74) is 4.06. The standard InChI is InChI=1S/C9H12.C2H3N3/c1-7-4-8(2)6-9(3)5-7;1-2-4-5-3-1/h4-6H,1-3H3;1-2H,(H,3,4,5). The van der Waals surface area contributed by atoms with Gasteiger partial charge in [-0.1, -0.05) is 40.1 Å². The highest BCUT2D eigenvalue weighted by atomic mass is 15.3. The number of aromatic nitrogens is 3. The smallest absolute Gasteiger partial charge is 0.0690 e. The van der Waals surface area contributed by atoms with Crippen molar-refractivity contribution in [3.8, 4) is 0 Å². The van der Waals surface area contributed by atoms with Gasteiger partial charge >= 0.3 is 0 Å². The monoisotopic (exact) mass is 189 g/mol. The number of benzene rings is 1. The Bertz CT molecular complexity index is 298. The van der Waals surface area contributed by atoms with E-state index in [-0.39, 0.29) is 0 Å². The summed E-state index contributed by atoms with van der Waals surface area (Å²) in [5, 5.41) is 9.26. The van der Waals surface area contributed by atoms with Crippen LogP contribution in [0.25, 0.3) is 0 Å². The van der Waals surface area contributed by atoms with Gasteiger partial charge in [-0.2, -0.15) is 0 Å². The van der Waals surface area contributed by atoms with Gasteiger partial charge in [0.15, 0.2) is 0 Å². The van der Waals surface area contributed by atoms with Crippen LogP contribution >= 0.6 is 0 Å². The molecule has 2 rings (SSSR count). The third kappa shape index (κ3) is 3.85. The topological polar surface area (TPSA) is 41.6 Å². The van der Waals surface area contributed by atoms with Gasteiger partial charge in [0.2, 0.25) is 0 Å². The van der Waals surface area contributed by atoms with Crippen molar-refractivity contribution < 1.29 is 0 Å². The van der Waals surface area contributed by atoms with Crippen molar-refractivity contribution in [3.63, 3.8) is 0 Å². The van der Waals surface area contributed by atoms with Gasteiger partial charge in [-0.05, 0) is 20.8 Å². The summed E-state index contributed by atoms with van der Waals surface area (Å²) in [6.45, 7) is 6.38. The van der Waals surface area contributed by atoms with E-state index in [0.717, 1.165) is 0 Å². The quantitative estimate of drug-likeness (QED) is 0.691. The normalized spacial score (nSPS) is 9.07. The van der Waals surface area contributed by atoms with E-state index in [4.69, 9.17) is 0 Å². The lowest BCUT2D eigenvalue weighted by molar-refractivity contribution is 0.940. The van der Waals surface area contributed by atoms with Crippen LogP contribution in [-0.2, 0) is 0 Å². The van der Waals surface area contributed by atoms with Gasteiger partial charge in [-0.25, -0.2) is 0 Å². The zero-order valence-electron chi connectivity index (χ0n) is 8.78. The molecule has 14 heavy (non-hydrogen) atoms. The van der Waals surface area contributed by atoms with Crippen molar-refractivity contribution in [1.29, 1.82) is 0 Å². The molecule has 74 valence electrons. The molecule has 0 spiro atoms. The fraction of sp³-hybridized carbons (Fsp3) is 0.273. The average Bonchev–Trinajstić information content (AvgIpc) is 2.56. The van der Waals surface area contributed by atoms with Crippen molar-refractivity contribution in [2.24, 2.45) is 0 Å². The zero-order chi connectivity index (χ0) is 10.4. The number of rotatable bonds is 0. The Morgan fingerprint density at radius 1 is 0.929 bits per heavy atom. The van der Waals surface area contributed by atoms with Crippen molar-refractivity contribution in [3.05, 3.63) is 47.3 Å². The van der Waals surface area contributed by atoms with Crippen LogP contribution in [0.1, 0.15) is 16.7 Å². The molecule has 0 amide bonds. The summed E-state index contributed by atoms with van der Waals surface area (Å²) in [6.07, 6.45) is 3.24. The lowest BCUT2D eigenvalue weighted by Crippen LogP contribution is -1.78. The highest BCUT2D eigenvalue weighted by Crippen LogP contribution is 2.06. The van der Waals surface area contributed by atoms with E-state index in [1.54, 1.807) is 12.4 Å². The van der Waals surface area contributed by atoms with Gasteiger partial charge in [0, 0.05) is 6.20 Å². The Kier molecular flexibility index (Phi) is 3.85. The van der Waals surface area contributed by atoms with Gasteiger partial charge < -0.3 is 0 Å². The molecule has 3 nitrogen and oxygen atoms in total. The minimum Gasteiger partial charge on any atom is -0.266 e. The van der Waals surface area contributed by atoms with Crippen LogP contribution in [0.3, 0.4) is 0 Å². The molecular formula is C11H15N3. The Morgan fingerprint density at radius 3 is 1.64 bits per heavy atom. The average molecular weight is 189 g/mol. The zero-order valence-corrected chi connectivity index (χ0v) is 8.78. The van der Waals surface area contributed by atoms with Crippen molar-refractivity contribution >= 4 is 0 Å². The largest absolute Gasteiger partial charge is 0.266 e. The molecule has 0 bridgehead atoms. The van der Waals surface area contributed by atoms with Crippen molar-refractivity contribution in [1.82, 2.24) is 15.4 Å². The molecule has 0 atom stereocenters. The SMILES string of the molecule is Cc1cc(C)cc(C)c1.c1c[nH]nn1. The molecule has 0 radical (unpaired) electrons. The molecule has 2 aromatic rings. The Morgan fingerprint density at radius 2 is 1.43 bits per heavy atom. The second-order valence-corrected chi connectivity index (χ2v) is 3.33. The summed E-state index contributed by atoms with van der Waals surface area (Å²) in [4.78, 5) is 0. The third-order valence-corrected chi connectivity index (χ3v) is 1.70. The number of hydrogen-bond donors (Lipinski definition) is 1. The molecule has 0 aliphatic rings. The highest BCUT2D eigenvalue weighted by Gasteiger charge is 1.87. The third-order valence-electron chi connectivity index (χ3n) is 1.70. The first-order valence-electron chi connectivity index (χ1n) is 4.54. The molecule has 0 saturated heterocycles. The Labute approximate surface area is 84.2 Å². The van der Waals surface area contributed by atoms with Crippen LogP contribution in [0.5, 0.6) is 0 Å². The van der Waals surface area contributed by atoms with Crippen molar-refractivity contribution in [2.75, 3.05) is 0 Å². The number of aryl methyl sites for hydroxylation is 3. The van der Waals surface area contributed by atoms with E-state index in [9.17, 15) is 0 Å². The number of hydrogen-bond acceptors (Lipinski definition) is 2. The van der Waals surface area contributed by atoms with E-state index in [1.165, 1.54) is 16.7 Å². The lowest BCUT2D eigenvalue weighted by atomic mass is 10.1. The second-order valence-electron chi connectivity index (χ2n) is 3.33. The van der Waals surface area contributed by atoms with Gasteiger partial charge in [-0.15, -0.1) is 5.10 Å². The number of nitrogens with zero attached hydrogens (tertiary/aromatic N) is 2. The first-order chi connectivity index (χ1) is 6.68. The first kappa shape index (κ1) is 10.4. The molecule has 0 aliphatic heterocycles. The number of H-pyrrole nitrogens is 1. The molecule has 3 heteroatoms. The van der Waals surface area contributed by atoms with Gasteiger partial charge in [0.25, 0.3) is 0 Å². The van der Waals surface area contributed by atoms with E-state index in [2.05, 4.69) is 54.4 Å². The maximum Gasteiger partial charge on any atom is 0.0690 e. The predicted octanol–water partition coefficient (Wildman–Crippen LogP) is 2.42. The fourth-order valence-corrected chi connectivity index (χ4v) is 1.37. The Hall–Kier alpha value is -1.64. The molecule has 1 heterocycles. The molecule has 1 aromatic carbocycles. The summed E-state index contributed by atoms with van der Waals surface area (Å²) >= 11 is 0. The minimum atomic E-state index is 1.35. The number of nitrogens with one attached hydrogen (secondary N) is 1. The molecule has 0 aliphatic carbocycles. The summed E-state index contributed by atoms with van der Waals surface area (Å²) < 4.78 is 0. The first-order valence-corrected chi connectivity index (χ1v) is 4.54. The Balaban J connectivity index is 0.000000165. The van der Waals surface area contributed by atoms with Gasteiger partial charge in [0.05, 0.1) is 6.20 Å². The van der Waals surface area contributed by atoms with E-state index >= 15 is 0 Å². The summed E-state index contributed by atoms with van der Waals surface area (Å²) in [5.74, 6) is 0. The molecule has 0 fully saturated rings. The molecule has 1 aromatic heterocycles. The van der Waals surface area contributed by atoms with Crippen LogP contribution in [0.2, 0.25) is 0 Å². The van der Waals surface area contributed by atoms with Crippen molar-refractivity contribution in [2.45, 2.75) is 20.8 Å². The van der Waals surface area contributed by atoms with E-state index < -0.39 is 0 Å². The van der Waals surface area contributed by atoms with Crippen LogP contribution in [-0.4, -0.2) is 15.4 Å². The maximum atomic E-state index is 3.42. The second kappa shape index (κ2) is 5.17. The molecule has 0 unspecified atom stereocenters. The van der Waals surface area contributed by atoms with Gasteiger partial charge in [0.1, 0.15) is 0 Å². The summed E-state index contributed by atoms with van der Waals surface area (Å²) in [6, 6.07) is 6.56. The minimum absolute atomic E-state index is 1.35. The highest BCUT2D eigenvalue weighted by molar-refractivity contribution is 5.27. The molecule has 1 N–H and O–H groups in total. The number of aromatic amines is 1. The van der Waals surface area contributed by atoms with E-state index in [1.807, 2.05) is 0 Å².